The monoisotopic (exact) mass is 320 g/mol. The van der Waals surface area contributed by atoms with Crippen LogP contribution in [-0.4, -0.2) is 11.1 Å². The van der Waals surface area contributed by atoms with E-state index < -0.39 is 0 Å². The SMILES string of the molecule is Cc1cc(C)cc(NC(=O)c2noc3c2COc2ccccc2-3)c1. The van der Waals surface area contributed by atoms with Gasteiger partial charge in [0.1, 0.15) is 12.4 Å². The molecule has 0 radical (unpaired) electrons. The van der Waals surface area contributed by atoms with E-state index >= 15 is 0 Å². The maximum Gasteiger partial charge on any atom is 0.278 e. The molecule has 0 fully saturated rings. The number of benzene rings is 2. The summed E-state index contributed by atoms with van der Waals surface area (Å²) in [5.74, 6) is 1.04. The van der Waals surface area contributed by atoms with Gasteiger partial charge >= 0.3 is 0 Å². The highest BCUT2D eigenvalue weighted by Gasteiger charge is 2.28. The number of hydrogen-bond donors (Lipinski definition) is 1. The quantitative estimate of drug-likeness (QED) is 0.772. The number of nitrogens with one attached hydrogen (secondary N) is 1. The number of para-hydroxylation sites is 1. The Bertz CT molecular complexity index is 923. The highest BCUT2D eigenvalue weighted by molar-refractivity contribution is 6.04. The minimum atomic E-state index is -0.298. The van der Waals surface area contributed by atoms with Crippen molar-refractivity contribution < 1.29 is 14.1 Å². The highest BCUT2D eigenvalue weighted by atomic mass is 16.5. The maximum atomic E-state index is 12.6. The summed E-state index contributed by atoms with van der Waals surface area (Å²) in [6.45, 7) is 4.25. The van der Waals surface area contributed by atoms with Gasteiger partial charge in [-0.15, -0.1) is 0 Å². The fourth-order valence-corrected chi connectivity index (χ4v) is 3.00. The molecule has 1 N–H and O–H groups in total. The van der Waals surface area contributed by atoms with Crippen molar-refractivity contribution in [2.24, 2.45) is 0 Å². The van der Waals surface area contributed by atoms with Crippen LogP contribution in [-0.2, 0) is 6.61 Å². The van der Waals surface area contributed by atoms with Gasteiger partial charge in [-0.1, -0.05) is 23.4 Å². The summed E-state index contributed by atoms with van der Waals surface area (Å²) >= 11 is 0. The van der Waals surface area contributed by atoms with Crippen LogP contribution >= 0.6 is 0 Å². The van der Waals surface area contributed by atoms with Crippen molar-refractivity contribution in [2.75, 3.05) is 5.32 Å². The minimum absolute atomic E-state index is 0.263. The van der Waals surface area contributed by atoms with E-state index in [1.807, 2.05) is 50.2 Å². The fraction of sp³-hybridized carbons (Fsp3) is 0.158. The molecule has 1 aromatic heterocycles. The van der Waals surface area contributed by atoms with E-state index in [0.29, 0.717) is 11.3 Å². The average Bonchev–Trinajstić information content (AvgIpc) is 2.98. The molecule has 0 bridgehead atoms. The first-order valence-electron chi connectivity index (χ1n) is 7.72. The lowest BCUT2D eigenvalue weighted by atomic mass is 10.0. The predicted molar refractivity (Wildman–Crippen MR) is 90.1 cm³/mol. The molecule has 5 heteroatoms. The first kappa shape index (κ1) is 14.5. The van der Waals surface area contributed by atoms with Crippen LogP contribution in [0.3, 0.4) is 0 Å². The summed E-state index contributed by atoms with van der Waals surface area (Å²) in [6.07, 6.45) is 0. The second-order valence-corrected chi connectivity index (χ2v) is 5.95. The van der Waals surface area contributed by atoms with Gasteiger partial charge in [-0.05, 0) is 49.2 Å². The van der Waals surface area contributed by atoms with Gasteiger partial charge in [-0.25, -0.2) is 0 Å². The Hall–Kier alpha value is -3.08. The molecule has 3 aromatic rings. The lowest BCUT2D eigenvalue weighted by molar-refractivity contribution is 0.101. The van der Waals surface area contributed by atoms with Gasteiger partial charge < -0.3 is 14.6 Å². The zero-order valence-electron chi connectivity index (χ0n) is 13.4. The van der Waals surface area contributed by atoms with E-state index in [2.05, 4.69) is 16.5 Å². The normalized spacial score (nSPS) is 12.1. The summed E-state index contributed by atoms with van der Waals surface area (Å²) in [5.41, 5.74) is 4.67. The van der Waals surface area contributed by atoms with Crippen LogP contribution < -0.4 is 10.1 Å². The molecular formula is C19H16N2O3. The number of carbonyl (C=O) groups is 1. The second-order valence-electron chi connectivity index (χ2n) is 5.95. The highest BCUT2D eigenvalue weighted by Crippen LogP contribution is 2.38. The van der Waals surface area contributed by atoms with Crippen LogP contribution in [0.4, 0.5) is 5.69 Å². The van der Waals surface area contributed by atoms with Gasteiger partial charge in [0.05, 0.1) is 11.1 Å². The maximum absolute atomic E-state index is 12.6. The molecule has 2 aromatic carbocycles. The molecule has 1 aliphatic rings. The Kier molecular flexibility index (Phi) is 3.34. The smallest absolute Gasteiger partial charge is 0.278 e. The van der Waals surface area contributed by atoms with Crippen molar-refractivity contribution >= 4 is 11.6 Å². The van der Waals surface area contributed by atoms with Crippen LogP contribution in [0.15, 0.2) is 47.0 Å². The molecule has 24 heavy (non-hydrogen) atoms. The van der Waals surface area contributed by atoms with Crippen LogP contribution in [0, 0.1) is 13.8 Å². The molecule has 1 aliphatic heterocycles. The van der Waals surface area contributed by atoms with Crippen molar-refractivity contribution in [1.29, 1.82) is 0 Å². The topological polar surface area (TPSA) is 64.4 Å². The standard InChI is InChI=1S/C19H16N2O3/c1-11-7-12(2)9-13(8-11)20-19(22)17-15-10-23-16-6-4-3-5-14(16)18(15)24-21-17/h3-9H,10H2,1-2H3,(H,20,22). The van der Waals surface area contributed by atoms with Crippen LogP contribution in [0.2, 0.25) is 0 Å². The van der Waals surface area contributed by atoms with E-state index in [1.165, 1.54) is 0 Å². The van der Waals surface area contributed by atoms with E-state index in [-0.39, 0.29) is 18.2 Å². The second kappa shape index (κ2) is 5.53. The zero-order chi connectivity index (χ0) is 16.7. The van der Waals surface area contributed by atoms with Crippen LogP contribution in [0.5, 0.6) is 5.75 Å². The van der Waals surface area contributed by atoms with Gasteiger partial charge in [0.25, 0.3) is 5.91 Å². The number of nitrogens with zero attached hydrogens (tertiary/aromatic N) is 1. The molecule has 0 spiro atoms. The van der Waals surface area contributed by atoms with E-state index in [1.54, 1.807) is 0 Å². The molecule has 1 amide bonds. The molecule has 120 valence electrons. The minimum Gasteiger partial charge on any atom is -0.488 e. The fourth-order valence-electron chi connectivity index (χ4n) is 3.00. The molecule has 0 saturated carbocycles. The number of aryl methyl sites for hydroxylation is 2. The predicted octanol–water partition coefficient (Wildman–Crippen LogP) is 4.10. The van der Waals surface area contributed by atoms with Crippen molar-refractivity contribution in [3.05, 3.63) is 64.8 Å². The number of hydrogen-bond acceptors (Lipinski definition) is 4. The number of carbonyl (C=O) groups excluding carboxylic acids is 1. The van der Waals surface area contributed by atoms with Crippen molar-refractivity contribution in [3.63, 3.8) is 0 Å². The Morgan fingerprint density at radius 1 is 1.12 bits per heavy atom. The van der Waals surface area contributed by atoms with Gasteiger partial charge in [0.15, 0.2) is 11.5 Å². The first-order chi connectivity index (χ1) is 11.6. The third-order valence-corrected chi connectivity index (χ3v) is 3.99. The number of ether oxygens (including phenoxy) is 1. The number of rotatable bonds is 2. The van der Waals surface area contributed by atoms with Gasteiger partial charge in [-0.2, -0.15) is 0 Å². The number of fused-ring (bicyclic) bond motifs is 3. The van der Waals surface area contributed by atoms with Gasteiger partial charge in [0.2, 0.25) is 0 Å². The molecular weight excluding hydrogens is 304 g/mol. The number of anilines is 1. The summed E-state index contributed by atoms with van der Waals surface area (Å²) in [7, 11) is 0. The van der Waals surface area contributed by atoms with Gasteiger partial charge in [-0.3, -0.25) is 4.79 Å². The molecule has 4 rings (SSSR count). The number of aromatic nitrogens is 1. The van der Waals surface area contributed by atoms with Crippen LogP contribution in [0.1, 0.15) is 27.2 Å². The molecule has 0 saturated heterocycles. The van der Waals surface area contributed by atoms with Crippen molar-refractivity contribution in [2.45, 2.75) is 20.5 Å². The summed E-state index contributed by atoms with van der Waals surface area (Å²) < 4.78 is 11.1. The van der Waals surface area contributed by atoms with Crippen LogP contribution in [0.25, 0.3) is 11.3 Å². The summed E-state index contributed by atoms with van der Waals surface area (Å²) in [6, 6.07) is 13.5. The summed E-state index contributed by atoms with van der Waals surface area (Å²) in [5, 5.41) is 6.85. The Morgan fingerprint density at radius 2 is 1.88 bits per heavy atom. The molecule has 0 unspecified atom stereocenters. The molecule has 0 aliphatic carbocycles. The lowest BCUT2D eigenvalue weighted by Crippen LogP contribution is -2.16. The van der Waals surface area contributed by atoms with Crippen molar-refractivity contribution in [3.8, 4) is 17.1 Å². The zero-order valence-corrected chi connectivity index (χ0v) is 13.4. The summed E-state index contributed by atoms with van der Waals surface area (Å²) in [4.78, 5) is 12.6. The van der Waals surface area contributed by atoms with Gasteiger partial charge in [0, 0.05) is 5.69 Å². The van der Waals surface area contributed by atoms with Crippen molar-refractivity contribution in [1.82, 2.24) is 5.16 Å². The Balaban J connectivity index is 1.67. The third kappa shape index (κ3) is 2.44. The van der Waals surface area contributed by atoms with E-state index in [9.17, 15) is 4.79 Å². The molecule has 2 heterocycles. The average molecular weight is 320 g/mol. The Morgan fingerprint density at radius 3 is 2.67 bits per heavy atom. The Labute approximate surface area is 139 Å². The number of amides is 1. The van der Waals surface area contributed by atoms with E-state index in [4.69, 9.17) is 9.26 Å². The molecule has 0 atom stereocenters. The molecule has 5 nitrogen and oxygen atoms in total. The largest absolute Gasteiger partial charge is 0.488 e. The third-order valence-electron chi connectivity index (χ3n) is 3.99. The van der Waals surface area contributed by atoms with E-state index in [0.717, 1.165) is 28.1 Å². The lowest BCUT2D eigenvalue weighted by Gasteiger charge is -2.15. The first-order valence-corrected chi connectivity index (χ1v) is 7.72.